The van der Waals surface area contributed by atoms with Crippen LogP contribution in [-0.2, 0) is 13.0 Å². The van der Waals surface area contributed by atoms with Gasteiger partial charge in [-0.05, 0) is 48.4 Å². The number of para-hydroxylation sites is 3. The molecule has 0 bridgehead atoms. The smallest absolute Gasteiger partial charge is 0.322 e. The topological polar surface area (TPSA) is 61.0 Å². The first-order valence-electron chi connectivity index (χ1n) is 9.88. The molecule has 0 spiro atoms. The zero-order valence-corrected chi connectivity index (χ0v) is 16.7. The zero-order valence-electron chi connectivity index (χ0n) is 16.7. The average Bonchev–Trinajstić information content (AvgIpc) is 3.17. The highest BCUT2D eigenvalue weighted by Crippen LogP contribution is 2.16. The molecule has 0 fully saturated rings. The molecule has 4 rings (SSSR count). The van der Waals surface area contributed by atoms with Crippen molar-refractivity contribution in [3.63, 3.8) is 0 Å². The molecular weight excluding hydrogens is 379 g/mol. The minimum Gasteiger partial charge on any atom is -0.342 e. The highest BCUT2D eigenvalue weighted by Gasteiger charge is 2.16. The number of benzene rings is 3. The van der Waals surface area contributed by atoms with Crippen molar-refractivity contribution in [2.24, 2.45) is 0 Å². The van der Waals surface area contributed by atoms with Crippen LogP contribution < -0.4 is 5.32 Å². The van der Waals surface area contributed by atoms with Crippen LogP contribution in [0.4, 0.5) is 14.9 Å². The van der Waals surface area contributed by atoms with Crippen LogP contribution in [0.1, 0.15) is 17.0 Å². The van der Waals surface area contributed by atoms with Crippen LogP contribution in [0.5, 0.6) is 0 Å². The summed E-state index contributed by atoms with van der Waals surface area (Å²) in [5.41, 5.74) is 4.50. The van der Waals surface area contributed by atoms with E-state index in [9.17, 15) is 9.18 Å². The van der Waals surface area contributed by atoms with Gasteiger partial charge in [-0.25, -0.2) is 14.2 Å². The summed E-state index contributed by atoms with van der Waals surface area (Å²) >= 11 is 0. The Morgan fingerprint density at radius 2 is 1.77 bits per heavy atom. The van der Waals surface area contributed by atoms with E-state index in [0.717, 1.165) is 33.7 Å². The highest BCUT2D eigenvalue weighted by atomic mass is 19.1. The number of carbonyl (C=O) groups is 1. The third-order valence-corrected chi connectivity index (χ3v) is 5.02. The number of imidazole rings is 1. The molecule has 0 aliphatic heterocycles. The predicted octanol–water partition coefficient (Wildman–Crippen LogP) is 5.29. The number of nitrogens with one attached hydrogen (secondary N) is 2. The van der Waals surface area contributed by atoms with Gasteiger partial charge in [0.1, 0.15) is 11.6 Å². The van der Waals surface area contributed by atoms with Gasteiger partial charge in [-0.15, -0.1) is 0 Å². The maximum absolute atomic E-state index is 13.3. The molecule has 0 saturated heterocycles. The first kappa shape index (κ1) is 19.6. The molecule has 0 saturated carbocycles. The Kier molecular flexibility index (Phi) is 5.75. The molecule has 0 aliphatic carbocycles. The summed E-state index contributed by atoms with van der Waals surface area (Å²) in [6.07, 6.45) is 0.580. The lowest BCUT2D eigenvalue weighted by Gasteiger charge is -2.23. The van der Waals surface area contributed by atoms with E-state index < -0.39 is 0 Å². The Hall–Kier alpha value is -3.67. The van der Waals surface area contributed by atoms with Crippen molar-refractivity contribution in [3.8, 4) is 0 Å². The minimum atomic E-state index is -0.295. The first-order valence-corrected chi connectivity index (χ1v) is 9.88. The van der Waals surface area contributed by atoms with Gasteiger partial charge in [0, 0.05) is 25.2 Å². The number of hydrogen-bond donors (Lipinski definition) is 2. The maximum Gasteiger partial charge on any atom is 0.322 e. The summed E-state index contributed by atoms with van der Waals surface area (Å²) in [6.45, 7) is 2.79. The second-order valence-electron chi connectivity index (χ2n) is 7.24. The lowest BCUT2D eigenvalue weighted by atomic mass is 10.2. The predicted molar refractivity (Wildman–Crippen MR) is 117 cm³/mol. The van der Waals surface area contributed by atoms with Gasteiger partial charge in [0.15, 0.2) is 0 Å². The lowest BCUT2D eigenvalue weighted by Crippen LogP contribution is -2.36. The quantitative estimate of drug-likeness (QED) is 0.460. The summed E-state index contributed by atoms with van der Waals surface area (Å²) in [5.74, 6) is 0.529. The summed E-state index contributed by atoms with van der Waals surface area (Å²) in [6, 6.07) is 21.5. The van der Waals surface area contributed by atoms with Crippen LogP contribution in [0.3, 0.4) is 0 Å². The van der Waals surface area contributed by atoms with E-state index in [1.807, 2.05) is 55.5 Å². The maximum atomic E-state index is 13.3. The number of nitrogens with zero attached hydrogens (tertiary/aromatic N) is 2. The number of aromatic amines is 1. The summed E-state index contributed by atoms with van der Waals surface area (Å²) < 4.78 is 13.3. The molecule has 1 aromatic heterocycles. The molecular formula is C24H23FN4O. The van der Waals surface area contributed by atoms with Crippen molar-refractivity contribution in [2.45, 2.75) is 19.9 Å². The molecule has 6 heteroatoms. The monoisotopic (exact) mass is 402 g/mol. The molecule has 30 heavy (non-hydrogen) atoms. The van der Waals surface area contributed by atoms with Crippen LogP contribution in [0.15, 0.2) is 72.8 Å². The molecule has 4 aromatic rings. The normalized spacial score (nSPS) is 10.9. The second-order valence-corrected chi connectivity index (χ2v) is 7.24. The number of hydrogen-bond acceptors (Lipinski definition) is 2. The van der Waals surface area contributed by atoms with E-state index in [1.54, 1.807) is 17.0 Å². The fourth-order valence-electron chi connectivity index (χ4n) is 3.33. The number of urea groups is 1. The van der Waals surface area contributed by atoms with Crippen molar-refractivity contribution >= 4 is 22.8 Å². The standard InChI is InChI=1S/C24H23FN4O/c1-17-6-2-3-7-20(17)28-24(30)29(16-18-10-12-19(25)13-11-18)15-14-23-26-21-8-4-5-9-22(21)27-23/h2-13H,14-16H2,1H3,(H,26,27)(H,28,30). The van der Waals surface area contributed by atoms with Gasteiger partial charge >= 0.3 is 6.03 Å². The fourth-order valence-corrected chi connectivity index (χ4v) is 3.33. The van der Waals surface area contributed by atoms with Gasteiger partial charge in [-0.3, -0.25) is 0 Å². The third-order valence-electron chi connectivity index (χ3n) is 5.02. The number of fused-ring (bicyclic) bond motifs is 1. The van der Waals surface area contributed by atoms with Gasteiger partial charge in [0.05, 0.1) is 11.0 Å². The lowest BCUT2D eigenvalue weighted by molar-refractivity contribution is 0.209. The SMILES string of the molecule is Cc1ccccc1NC(=O)N(CCc1nc2ccccc2[nH]1)Cc1ccc(F)cc1. The van der Waals surface area contributed by atoms with Crippen molar-refractivity contribution in [3.05, 3.63) is 95.6 Å². The Morgan fingerprint density at radius 1 is 1.03 bits per heavy atom. The second kappa shape index (κ2) is 8.78. The number of H-pyrrole nitrogens is 1. The molecule has 3 aromatic carbocycles. The summed E-state index contributed by atoms with van der Waals surface area (Å²) in [7, 11) is 0. The first-order chi connectivity index (χ1) is 14.6. The van der Waals surface area contributed by atoms with E-state index >= 15 is 0 Å². The Morgan fingerprint density at radius 3 is 2.53 bits per heavy atom. The van der Waals surface area contributed by atoms with Gasteiger partial charge in [-0.1, -0.05) is 42.5 Å². The van der Waals surface area contributed by atoms with Crippen LogP contribution in [-0.4, -0.2) is 27.4 Å². The Balaban J connectivity index is 1.51. The molecule has 0 radical (unpaired) electrons. The number of anilines is 1. The van der Waals surface area contributed by atoms with E-state index in [1.165, 1.54) is 12.1 Å². The zero-order chi connectivity index (χ0) is 20.9. The van der Waals surface area contributed by atoms with Crippen molar-refractivity contribution in [2.75, 3.05) is 11.9 Å². The van der Waals surface area contributed by atoms with E-state index in [2.05, 4.69) is 15.3 Å². The highest BCUT2D eigenvalue weighted by molar-refractivity contribution is 5.90. The number of amides is 2. The van der Waals surface area contributed by atoms with Crippen LogP contribution in [0.2, 0.25) is 0 Å². The number of aromatic nitrogens is 2. The van der Waals surface area contributed by atoms with E-state index in [-0.39, 0.29) is 11.8 Å². The molecule has 1 heterocycles. The minimum absolute atomic E-state index is 0.204. The Labute approximate surface area is 174 Å². The van der Waals surface area contributed by atoms with Crippen LogP contribution in [0, 0.1) is 12.7 Å². The molecule has 0 aliphatic rings. The van der Waals surface area contributed by atoms with Crippen molar-refractivity contribution < 1.29 is 9.18 Å². The number of carbonyl (C=O) groups excluding carboxylic acids is 1. The summed E-state index contributed by atoms with van der Waals surface area (Å²) in [5, 5.41) is 2.99. The van der Waals surface area contributed by atoms with E-state index in [0.29, 0.717) is 19.5 Å². The third kappa shape index (κ3) is 4.66. The van der Waals surface area contributed by atoms with Gasteiger partial charge in [0.2, 0.25) is 0 Å². The molecule has 5 nitrogen and oxygen atoms in total. The summed E-state index contributed by atoms with van der Waals surface area (Å²) in [4.78, 5) is 22.7. The number of aryl methyl sites for hydroxylation is 1. The van der Waals surface area contributed by atoms with Crippen LogP contribution >= 0.6 is 0 Å². The molecule has 0 atom stereocenters. The van der Waals surface area contributed by atoms with Crippen molar-refractivity contribution in [1.29, 1.82) is 0 Å². The fraction of sp³-hybridized carbons (Fsp3) is 0.167. The molecule has 152 valence electrons. The molecule has 0 unspecified atom stereocenters. The molecule has 2 N–H and O–H groups in total. The van der Waals surface area contributed by atoms with Gasteiger partial charge in [-0.2, -0.15) is 0 Å². The largest absolute Gasteiger partial charge is 0.342 e. The van der Waals surface area contributed by atoms with Gasteiger partial charge in [0.25, 0.3) is 0 Å². The van der Waals surface area contributed by atoms with E-state index in [4.69, 9.17) is 0 Å². The number of rotatable bonds is 6. The Bertz CT molecular complexity index is 1120. The average molecular weight is 402 g/mol. The number of halogens is 1. The van der Waals surface area contributed by atoms with Crippen molar-refractivity contribution in [1.82, 2.24) is 14.9 Å². The van der Waals surface area contributed by atoms with Gasteiger partial charge < -0.3 is 15.2 Å². The van der Waals surface area contributed by atoms with Crippen LogP contribution in [0.25, 0.3) is 11.0 Å². The molecule has 2 amide bonds.